The summed E-state index contributed by atoms with van der Waals surface area (Å²) in [4.78, 5) is 42.6. The standard InChI is InChI=1S/C30H32N2O6S/c1-36-30(35)21-11-9-20(10-12-21)28(29(34)31-22-6-3-2-4-7-22)32(27(33)19-24-8-5-17-39-24)23-13-14-25-26(18-23)38-16-15-37-25/h5,8-14,17-18,22,28H,2-4,6-7,15-16,19H2,1H3,(H,31,34)/t28-/m0/s1. The monoisotopic (exact) mass is 548 g/mol. The van der Waals surface area contributed by atoms with Crippen molar-refractivity contribution in [3.8, 4) is 11.5 Å². The Morgan fingerprint density at radius 2 is 1.74 bits per heavy atom. The van der Waals surface area contributed by atoms with Gasteiger partial charge in [0.05, 0.1) is 19.1 Å². The number of anilines is 1. The average molecular weight is 549 g/mol. The first-order valence-corrected chi connectivity index (χ1v) is 14.1. The highest BCUT2D eigenvalue weighted by Gasteiger charge is 2.35. The summed E-state index contributed by atoms with van der Waals surface area (Å²) in [6.07, 6.45) is 5.24. The van der Waals surface area contributed by atoms with Gasteiger partial charge in [-0.3, -0.25) is 14.5 Å². The van der Waals surface area contributed by atoms with E-state index in [4.69, 9.17) is 14.2 Å². The minimum atomic E-state index is -0.964. The third-order valence-electron chi connectivity index (χ3n) is 7.08. The highest BCUT2D eigenvalue weighted by Crippen LogP contribution is 2.38. The number of amides is 2. The van der Waals surface area contributed by atoms with Crippen molar-refractivity contribution in [2.24, 2.45) is 0 Å². The second-order valence-electron chi connectivity index (χ2n) is 9.71. The molecule has 0 saturated heterocycles. The topological polar surface area (TPSA) is 94.2 Å². The van der Waals surface area contributed by atoms with Crippen molar-refractivity contribution in [3.63, 3.8) is 0 Å². The number of hydrogen-bond donors (Lipinski definition) is 1. The minimum absolute atomic E-state index is 0.0533. The van der Waals surface area contributed by atoms with Crippen LogP contribution in [0.2, 0.25) is 0 Å². The van der Waals surface area contributed by atoms with Crippen LogP contribution in [0.15, 0.2) is 60.0 Å². The maximum absolute atomic E-state index is 14.0. The smallest absolute Gasteiger partial charge is 0.337 e. The van der Waals surface area contributed by atoms with Gasteiger partial charge in [-0.2, -0.15) is 0 Å². The number of carbonyl (C=O) groups is 3. The molecule has 2 aliphatic rings. The minimum Gasteiger partial charge on any atom is -0.486 e. The maximum Gasteiger partial charge on any atom is 0.337 e. The van der Waals surface area contributed by atoms with Crippen LogP contribution in [0.4, 0.5) is 5.69 Å². The molecule has 1 N–H and O–H groups in total. The fourth-order valence-electron chi connectivity index (χ4n) is 5.13. The van der Waals surface area contributed by atoms with Gasteiger partial charge in [-0.05, 0) is 54.1 Å². The molecule has 2 amide bonds. The Morgan fingerprint density at radius 1 is 1.00 bits per heavy atom. The van der Waals surface area contributed by atoms with Crippen molar-refractivity contribution in [2.75, 3.05) is 25.2 Å². The quantitative estimate of drug-likeness (QED) is 0.395. The largest absolute Gasteiger partial charge is 0.486 e. The summed E-state index contributed by atoms with van der Waals surface area (Å²) < 4.78 is 16.3. The van der Waals surface area contributed by atoms with E-state index in [1.165, 1.54) is 18.4 Å². The van der Waals surface area contributed by atoms with Crippen LogP contribution in [0.1, 0.15) is 58.9 Å². The van der Waals surface area contributed by atoms with Gasteiger partial charge in [0, 0.05) is 22.7 Å². The summed E-state index contributed by atoms with van der Waals surface area (Å²) in [5, 5.41) is 5.14. The summed E-state index contributed by atoms with van der Waals surface area (Å²) >= 11 is 1.49. The number of ether oxygens (including phenoxy) is 3. The van der Waals surface area contributed by atoms with E-state index in [2.05, 4.69) is 5.32 Å². The number of rotatable bonds is 8. The second-order valence-corrected chi connectivity index (χ2v) is 10.7. The molecule has 8 nitrogen and oxygen atoms in total. The Labute approximate surface area is 231 Å². The Hall–Kier alpha value is -3.85. The molecule has 39 heavy (non-hydrogen) atoms. The molecular formula is C30H32N2O6S. The Kier molecular flexibility index (Phi) is 8.46. The number of methoxy groups -OCH3 is 1. The Balaban J connectivity index is 1.57. The molecule has 0 radical (unpaired) electrons. The highest BCUT2D eigenvalue weighted by atomic mass is 32.1. The number of fused-ring (bicyclic) bond motifs is 1. The molecule has 5 rings (SSSR count). The van der Waals surface area contributed by atoms with Gasteiger partial charge in [0.2, 0.25) is 11.8 Å². The first kappa shape index (κ1) is 26.7. The van der Waals surface area contributed by atoms with Crippen molar-refractivity contribution < 1.29 is 28.6 Å². The van der Waals surface area contributed by atoms with Crippen LogP contribution >= 0.6 is 11.3 Å². The number of benzene rings is 2. The van der Waals surface area contributed by atoms with Crippen LogP contribution in [-0.4, -0.2) is 44.1 Å². The van der Waals surface area contributed by atoms with Gasteiger partial charge in [0.1, 0.15) is 19.3 Å². The Bertz CT molecular complexity index is 1300. The third kappa shape index (κ3) is 6.25. The van der Waals surface area contributed by atoms with Crippen molar-refractivity contribution in [1.82, 2.24) is 5.32 Å². The lowest BCUT2D eigenvalue weighted by molar-refractivity contribution is -0.127. The SMILES string of the molecule is COC(=O)c1ccc([C@@H](C(=O)NC2CCCCC2)N(C(=O)Cc2cccs2)c2ccc3c(c2)OCCO3)cc1. The van der Waals surface area contributed by atoms with Crippen molar-refractivity contribution in [2.45, 2.75) is 50.6 Å². The van der Waals surface area contributed by atoms with Gasteiger partial charge in [-0.25, -0.2) is 4.79 Å². The summed E-state index contributed by atoms with van der Waals surface area (Å²) in [7, 11) is 1.32. The summed E-state index contributed by atoms with van der Waals surface area (Å²) in [5.74, 6) is 0.167. The van der Waals surface area contributed by atoms with Crippen LogP contribution in [0, 0.1) is 0 Å². The van der Waals surface area contributed by atoms with Crippen LogP contribution in [-0.2, 0) is 20.7 Å². The van der Waals surface area contributed by atoms with Crippen molar-refractivity contribution in [1.29, 1.82) is 0 Å². The fourth-order valence-corrected chi connectivity index (χ4v) is 5.83. The maximum atomic E-state index is 14.0. The molecule has 0 spiro atoms. The van der Waals surface area contributed by atoms with Crippen LogP contribution < -0.4 is 19.7 Å². The van der Waals surface area contributed by atoms with Crippen LogP contribution in [0.25, 0.3) is 0 Å². The predicted octanol–water partition coefficient (Wildman–Crippen LogP) is 5.07. The molecule has 204 valence electrons. The van der Waals surface area contributed by atoms with Gasteiger partial charge in [0.15, 0.2) is 11.5 Å². The zero-order chi connectivity index (χ0) is 27.2. The molecule has 0 bridgehead atoms. The van der Waals surface area contributed by atoms with Crippen molar-refractivity contribution in [3.05, 3.63) is 76.0 Å². The van der Waals surface area contributed by atoms with Gasteiger partial charge in [0.25, 0.3) is 0 Å². The molecule has 9 heteroatoms. The van der Waals surface area contributed by atoms with Gasteiger partial charge >= 0.3 is 5.97 Å². The van der Waals surface area contributed by atoms with E-state index in [9.17, 15) is 14.4 Å². The molecule has 1 aliphatic heterocycles. The number of nitrogens with zero attached hydrogens (tertiary/aromatic N) is 1. The van der Waals surface area contributed by atoms with E-state index in [1.54, 1.807) is 47.4 Å². The molecule has 0 unspecified atom stereocenters. The lowest BCUT2D eigenvalue weighted by atomic mass is 9.94. The third-order valence-corrected chi connectivity index (χ3v) is 7.96. The average Bonchev–Trinajstić information content (AvgIpc) is 3.48. The number of hydrogen-bond acceptors (Lipinski definition) is 7. The number of nitrogens with one attached hydrogen (secondary N) is 1. The summed E-state index contributed by atoms with van der Waals surface area (Å²) in [6, 6.07) is 14.9. The second kappa shape index (κ2) is 12.3. The number of carbonyl (C=O) groups excluding carboxylic acids is 3. The predicted molar refractivity (Wildman–Crippen MR) is 148 cm³/mol. The first-order valence-electron chi connectivity index (χ1n) is 13.3. The highest BCUT2D eigenvalue weighted by molar-refractivity contribution is 7.10. The van der Waals surface area contributed by atoms with Crippen LogP contribution in [0.3, 0.4) is 0 Å². The lowest BCUT2D eigenvalue weighted by Crippen LogP contribution is -2.47. The molecule has 1 saturated carbocycles. The fraction of sp³-hybridized carbons (Fsp3) is 0.367. The van der Waals surface area contributed by atoms with Gasteiger partial charge in [-0.1, -0.05) is 37.5 Å². The lowest BCUT2D eigenvalue weighted by Gasteiger charge is -2.34. The van der Waals surface area contributed by atoms with E-state index in [0.29, 0.717) is 41.5 Å². The molecule has 1 atom stereocenters. The molecule has 1 aromatic heterocycles. The summed E-state index contributed by atoms with van der Waals surface area (Å²) in [6.45, 7) is 0.854. The zero-order valence-corrected chi connectivity index (χ0v) is 22.7. The molecule has 2 aromatic carbocycles. The number of thiophene rings is 1. The molecule has 3 aromatic rings. The van der Waals surface area contributed by atoms with Crippen molar-refractivity contribution >= 4 is 34.8 Å². The normalized spacial score (nSPS) is 15.7. The summed E-state index contributed by atoms with van der Waals surface area (Å²) in [5.41, 5.74) is 1.48. The molecule has 1 fully saturated rings. The van der Waals surface area contributed by atoms with Gasteiger partial charge in [-0.15, -0.1) is 11.3 Å². The zero-order valence-electron chi connectivity index (χ0n) is 21.9. The van der Waals surface area contributed by atoms with Gasteiger partial charge < -0.3 is 19.5 Å². The Morgan fingerprint density at radius 3 is 2.44 bits per heavy atom. The van der Waals surface area contributed by atoms with E-state index in [-0.39, 0.29) is 24.3 Å². The van der Waals surface area contributed by atoms with Crippen LogP contribution in [0.5, 0.6) is 11.5 Å². The molecular weight excluding hydrogens is 516 g/mol. The first-order chi connectivity index (χ1) is 19.0. The number of esters is 1. The van der Waals surface area contributed by atoms with E-state index in [1.807, 2.05) is 17.5 Å². The molecule has 2 heterocycles. The molecule has 1 aliphatic carbocycles. The van der Waals surface area contributed by atoms with E-state index >= 15 is 0 Å². The van der Waals surface area contributed by atoms with E-state index in [0.717, 1.165) is 37.0 Å². The van der Waals surface area contributed by atoms with E-state index < -0.39 is 12.0 Å².